The van der Waals surface area contributed by atoms with E-state index in [1.807, 2.05) is 54.8 Å². The zero-order valence-corrected chi connectivity index (χ0v) is 16.8. The molecule has 0 unspecified atom stereocenters. The second-order valence-electron chi connectivity index (χ2n) is 6.07. The van der Waals surface area contributed by atoms with Gasteiger partial charge in [-0.25, -0.2) is 8.42 Å². The first-order valence-corrected chi connectivity index (χ1v) is 11.0. The molecular weight excluding hydrogens is 386 g/mol. The van der Waals surface area contributed by atoms with Crippen LogP contribution in [0.15, 0.2) is 70.9 Å². The minimum absolute atomic E-state index is 0.251. The summed E-state index contributed by atoms with van der Waals surface area (Å²) in [4.78, 5) is 1.47. The third-order valence-electron chi connectivity index (χ3n) is 4.15. The number of benzene rings is 2. The molecule has 0 saturated heterocycles. The molecule has 3 aromatic rings. The normalized spacial score (nSPS) is 11.8. The van der Waals surface area contributed by atoms with Crippen molar-refractivity contribution in [2.75, 3.05) is 6.54 Å². The number of hydrogen-bond donors (Lipinski definition) is 0. The van der Waals surface area contributed by atoms with Crippen LogP contribution in [0.1, 0.15) is 16.0 Å². The van der Waals surface area contributed by atoms with E-state index in [1.54, 1.807) is 29.5 Å². The number of nitrogens with zero attached hydrogens (tertiary/aromatic N) is 1. The largest absolute Gasteiger partial charge is 0.243 e. The van der Waals surface area contributed by atoms with Crippen LogP contribution in [0.4, 0.5) is 0 Å². The number of thiophene rings is 1. The molecule has 0 aliphatic heterocycles. The number of aryl methyl sites for hydroxylation is 1. The van der Waals surface area contributed by atoms with Crippen molar-refractivity contribution < 1.29 is 8.42 Å². The van der Waals surface area contributed by atoms with Crippen molar-refractivity contribution in [3.8, 4) is 0 Å². The molecule has 136 valence electrons. The molecule has 0 atom stereocenters. The molecular formula is C20H20ClNO2S2. The Balaban J connectivity index is 1.90. The standard InChI is InChI=1S/C20H20ClNO2S2/c1-16-8-10-19(11-9-16)26(23,24)22(13-12-18-6-4-14-25-18)15-17-5-2-3-7-20(17)21/h2-11,14H,12-13,15H2,1H3. The van der Waals surface area contributed by atoms with E-state index in [2.05, 4.69) is 0 Å². The van der Waals surface area contributed by atoms with Gasteiger partial charge in [0.15, 0.2) is 0 Å². The first kappa shape index (κ1) is 19.1. The summed E-state index contributed by atoms with van der Waals surface area (Å²) in [5.74, 6) is 0. The summed E-state index contributed by atoms with van der Waals surface area (Å²) in [5, 5.41) is 2.58. The minimum Gasteiger partial charge on any atom is -0.207 e. The summed E-state index contributed by atoms with van der Waals surface area (Å²) < 4.78 is 27.9. The van der Waals surface area contributed by atoms with E-state index in [0.29, 0.717) is 22.9 Å². The first-order valence-electron chi connectivity index (χ1n) is 8.29. The number of sulfonamides is 1. The van der Waals surface area contributed by atoms with Gasteiger partial charge in [0.1, 0.15) is 0 Å². The van der Waals surface area contributed by atoms with Crippen LogP contribution in [-0.2, 0) is 23.0 Å². The second kappa shape index (κ2) is 8.35. The first-order chi connectivity index (χ1) is 12.5. The van der Waals surface area contributed by atoms with Gasteiger partial charge in [-0.15, -0.1) is 11.3 Å². The van der Waals surface area contributed by atoms with Crippen molar-refractivity contribution in [2.24, 2.45) is 0 Å². The van der Waals surface area contributed by atoms with Gasteiger partial charge in [-0.3, -0.25) is 0 Å². The molecule has 3 nitrogen and oxygen atoms in total. The lowest BCUT2D eigenvalue weighted by atomic mass is 10.2. The summed E-state index contributed by atoms with van der Waals surface area (Å²) in [5.41, 5.74) is 1.83. The second-order valence-corrected chi connectivity index (χ2v) is 9.45. The summed E-state index contributed by atoms with van der Waals surface area (Å²) in [6, 6.07) is 18.3. The Bertz CT molecular complexity index is 952. The fourth-order valence-corrected chi connectivity index (χ4v) is 4.96. The van der Waals surface area contributed by atoms with E-state index >= 15 is 0 Å². The van der Waals surface area contributed by atoms with Crippen molar-refractivity contribution in [2.45, 2.75) is 24.8 Å². The lowest BCUT2D eigenvalue weighted by Crippen LogP contribution is -2.32. The smallest absolute Gasteiger partial charge is 0.207 e. The zero-order chi connectivity index (χ0) is 18.6. The van der Waals surface area contributed by atoms with E-state index in [4.69, 9.17) is 11.6 Å². The van der Waals surface area contributed by atoms with Gasteiger partial charge >= 0.3 is 0 Å². The van der Waals surface area contributed by atoms with Gasteiger partial charge in [0.25, 0.3) is 0 Å². The molecule has 2 aromatic carbocycles. The van der Waals surface area contributed by atoms with E-state index in [0.717, 1.165) is 16.0 Å². The van der Waals surface area contributed by atoms with Gasteiger partial charge in [0, 0.05) is 23.0 Å². The van der Waals surface area contributed by atoms with E-state index in [-0.39, 0.29) is 6.54 Å². The average Bonchev–Trinajstić information content (AvgIpc) is 3.14. The third-order valence-corrected chi connectivity index (χ3v) is 7.32. The van der Waals surface area contributed by atoms with Crippen molar-refractivity contribution in [1.29, 1.82) is 0 Å². The van der Waals surface area contributed by atoms with E-state index in [9.17, 15) is 8.42 Å². The molecule has 6 heteroatoms. The lowest BCUT2D eigenvalue weighted by molar-refractivity contribution is 0.410. The van der Waals surface area contributed by atoms with Crippen LogP contribution in [0, 0.1) is 6.92 Å². The maximum atomic E-state index is 13.2. The van der Waals surface area contributed by atoms with Crippen molar-refractivity contribution in [3.63, 3.8) is 0 Å². The quantitative estimate of drug-likeness (QED) is 0.545. The van der Waals surface area contributed by atoms with Gasteiger partial charge in [-0.2, -0.15) is 4.31 Å². The molecule has 0 N–H and O–H groups in total. The molecule has 0 fully saturated rings. The van der Waals surface area contributed by atoms with Gasteiger partial charge in [0.2, 0.25) is 10.0 Å². The van der Waals surface area contributed by atoms with Gasteiger partial charge in [-0.05, 0) is 48.6 Å². The maximum absolute atomic E-state index is 13.2. The van der Waals surface area contributed by atoms with Gasteiger partial charge in [-0.1, -0.05) is 53.6 Å². The Hall–Kier alpha value is -1.66. The third kappa shape index (κ3) is 4.54. The predicted molar refractivity (Wildman–Crippen MR) is 108 cm³/mol. The average molecular weight is 406 g/mol. The fourth-order valence-electron chi connectivity index (χ4n) is 2.65. The van der Waals surface area contributed by atoms with Crippen LogP contribution in [0.2, 0.25) is 5.02 Å². The SMILES string of the molecule is Cc1ccc(S(=O)(=O)N(CCc2cccs2)Cc2ccccc2Cl)cc1. The molecule has 0 spiro atoms. The highest BCUT2D eigenvalue weighted by Gasteiger charge is 2.25. The summed E-state index contributed by atoms with van der Waals surface area (Å²) in [7, 11) is -3.61. The number of halogens is 1. The molecule has 1 heterocycles. The van der Waals surface area contributed by atoms with Crippen LogP contribution in [0.3, 0.4) is 0 Å². The van der Waals surface area contributed by atoms with Gasteiger partial charge in [0.05, 0.1) is 4.90 Å². The predicted octanol–water partition coefficient (Wildman–Crippen LogP) is 5.14. The number of hydrogen-bond acceptors (Lipinski definition) is 3. The van der Waals surface area contributed by atoms with Crippen LogP contribution < -0.4 is 0 Å². The van der Waals surface area contributed by atoms with Crippen molar-refractivity contribution in [1.82, 2.24) is 4.31 Å². The molecule has 0 bridgehead atoms. The number of rotatable bonds is 7. The maximum Gasteiger partial charge on any atom is 0.243 e. The highest BCUT2D eigenvalue weighted by Crippen LogP contribution is 2.23. The Labute approximate surface area is 163 Å². The molecule has 26 heavy (non-hydrogen) atoms. The zero-order valence-electron chi connectivity index (χ0n) is 14.4. The summed E-state index contributed by atoms with van der Waals surface area (Å²) in [6.07, 6.45) is 0.674. The van der Waals surface area contributed by atoms with Gasteiger partial charge < -0.3 is 0 Å². The monoisotopic (exact) mass is 405 g/mol. The summed E-state index contributed by atoms with van der Waals surface area (Å²) in [6.45, 7) is 2.60. The lowest BCUT2D eigenvalue weighted by Gasteiger charge is -2.23. The van der Waals surface area contributed by atoms with Crippen LogP contribution in [0.5, 0.6) is 0 Å². The molecule has 0 aliphatic carbocycles. The van der Waals surface area contributed by atoms with Crippen molar-refractivity contribution >= 4 is 33.0 Å². The Morgan fingerprint density at radius 1 is 1.00 bits per heavy atom. The highest BCUT2D eigenvalue weighted by molar-refractivity contribution is 7.89. The van der Waals surface area contributed by atoms with E-state index in [1.165, 1.54) is 4.31 Å². The molecule has 1 aromatic heterocycles. The van der Waals surface area contributed by atoms with Crippen LogP contribution in [0.25, 0.3) is 0 Å². The summed E-state index contributed by atoms with van der Waals surface area (Å²) >= 11 is 7.90. The Kier molecular flexibility index (Phi) is 6.14. The van der Waals surface area contributed by atoms with Crippen LogP contribution in [-0.4, -0.2) is 19.3 Å². The molecule has 3 rings (SSSR count). The topological polar surface area (TPSA) is 37.4 Å². The Morgan fingerprint density at radius 3 is 2.38 bits per heavy atom. The van der Waals surface area contributed by atoms with Crippen molar-refractivity contribution in [3.05, 3.63) is 87.1 Å². The van der Waals surface area contributed by atoms with E-state index < -0.39 is 10.0 Å². The molecule has 0 amide bonds. The van der Waals surface area contributed by atoms with Crippen LogP contribution >= 0.6 is 22.9 Å². The minimum atomic E-state index is -3.61. The molecule has 0 saturated carbocycles. The highest BCUT2D eigenvalue weighted by atomic mass is 35.5. The molecule has 0 radical (unpaired) electrons. The Morgan fingerprint density at radius 2 is 1.73 bits per heavy atom. The fraction of sp³-hybridized carbons (Fsp3) is 0.200. The molecule has 0 aliphatic rings.